The van der Waals surface area contributed by atoms with Gasteiger partial charge in [0.05, 0.1) is 18.4 Å². The van der Waals surface area contributed by atoms with Crippen LogP contribution in [0, 0.1) is 29.1 Å². The number of nitrogens with zero attached hydrogens (tertiary/aromatic N) is 4. The van der Waals surface area contributed by atoms with Gasteiger partial charge in [-0.15, -0.1) is 6.58 Å². The number of aryl methyl sites for hydroxylation is 1. The summed E-state index contributed by atoms with van der Waals surface area (Å²) in [6, 6.07) is 11.2. The van der Waals surface area contributed by atoms with Crippen molar-refractivity contribution in [1.29, 1.82) is 5.26 Å². The Balaban J connectivity index is 2.54. The predicted octanol–water partition coefficient (Wildman–Crippen LogP) is 11.0. The molecule has 0 radical (unpaired) electrons. The van der Waals surface area contributed by atoms with Crippen molar-refractivity contribution in [3.05, 3.63) is 96.8 Å². The lowest BCUT2D eigenvalue weighted by atomic mass is 9.86. The van der Waals surface area contributed by atoms with Crippen LogP contribution in [-0.2, 0) is 17.6 Å². The second-order valence-electron chi connectivity index (χ2n) is 13.8. The topological polar surface area (TPSA) is 79.1 Å². The highest BCUT2D eigenvalue weighted by atomic mass is 16.5. The summed E-state index contributed by atoms with van der Waals surface area (Å²) in [6.45, 7) is 30.9. The first-order chi connectivity index (χ1) is 24.0. The quantitative estimate of drug-likeness (QED) is 0.0768. The Hall–Kier alpha value is -4.24. The predicted molar refractivity (Wildman–Crippen MR) is 212 cm³/mol. The number of benzene rings is 1. The van der Waals surface area contributed by atoms with Crippen LogP contribution < -0.4 is 9.64 Å². The molecule has 0 spiro atoms. The molecule has 270 valence electrons. The first-order valence-corrected chi connectivity index (χ1v) is 18.5. The highest BCUT2D eigenvalue weighted by Gasteiger charge is 2.23. The van der Waals surface area contributed by atoms with Gasteiger partial charge in [-0.05, 0) is 92.9 Å². The fourth-order valence-corrected chi connectivity index (χ4v) is 6.24. The molecule has 0 fully saturated rings. The van der Waals surface area contributed by atoms with Crippen molar-refractivity contribution in [1.82, 2.24) is 9.97 Å². The fourth-order valence-electron chi connectivity index (χ4n) is 6.24. The van der Waals surface area contributed by atoms with E-state index in [1.807, 2.05) is 0 Å². The Morgan fingerprint density at radius 2 is 1.80 bits per heavy atom. The summed E-state index contributed by atoms with van der Waals surface area (Å²) in [5.74, 6) is 1.55. The minimum Gasteiger partial charge on any atom is -0.463 e. The van der Waals surface area contributed by atoms with Crippen molar-refractivity contribution >= 4 is 22.7 Å². The number of aromatic nitrogens is 2. The van der Waals surface area contributed by atoms with E-state index in [1.54, 1.807) is 0 Å². The second kappa shape index (κ2) is 22.5. The zero-order valence-electron chi connectivity index (χ0n) is 31.9. The van der Waals surface area contributed by atoms with Gasteiger partial charge >= 0.3 is 6.01 Å². The maximum absolute atomic E-state index is 12.1. The van der Waals surface area contributed by atoms with Crippen molar-refractivity contribution < 1.29 is 9.53 Å². The minimum atomic E-state index is -0.0369. The van der Waals surface area contributed by atoms with Crippen molar-refractivity contribution in [2.75, 3.05) is 24.6 Å². The van der Waals surface area contributed by atoms with E-state index in [2.05, 4.69) is 115 Å². The Morgan fingerprint density at radius 1 is 1.08 bits per heavy atom. The number of carbonyl (C=O) groups is 1. The van der Waals surface area contributed by atoms with Gasteiger partial charge in [0.1, 0.15) is 5.82 Å². The summed E-state index contributed by atoms with van der Waals surface area (Å²) in [5.41, 5.74) is 7.65. The number of ketones is 1. The zero-order chi connectivity index (χ0) is 37.1. The number of hydrogen-bond acceptors (Lipinski definition) is 6. The van der Waals surface area contributed by atoms with Gasteiger partial charge in [0.25, 0.3) is 0 Å². The summed E-state index contributed by atoms with van der Waals surface area (Å²) in [7, 11) is 0. The maximum Gasteiger partial charge on any atom is 0.318 e. The molecule has 1 aromatic carbocycles. The van der Waals surface area contributed by atoms with Crippen molar-refractivity contribution in [2.24, 2.45) is 17.8 Å². The van der Waals surface area contributed by atoms with Gasteiger partial charge in [-0.2, -0.15) is 15.2 Å². The van der Waals surface area contributed by atoms with E-state index in [-0.39, 0.29) is 24.0 Å². The van der Waals surface area contributed by atoms with E-state index >= 15 is 0 Å². The van der Waals surface area contributed by atoms with E-state index in [0.717, 1.165) is 73.2 Å². The Morgan fingerprint density at radius 3 is 2.40 bits per heavy atom. The number of hydrogen-bond donors (Lipinski definition) is 0. The molecule has 0 bridgehead atoms. The normalized spacial score (nSPS) is 13.1. The molecule has 2 aromatic rings. The molecule has 0 aliphatic carbocycles. The Bertz CT molecular complexity index is 1510. The van der Waals surface area contributed by atoms with Crippen molar-refractivity contribution in [3.63, 3.8) is 0 Å². The van der Waals surface area contributed by atoms with Gasteiger partial charge in [0.2, 0.25) is 0 Å². The van der Waals surface area contributed by atoms with Crippen LogP contribution in [0.2, 0.25) is 0 Å². The van der Waals surface area contributed by atoms with Gasteiger partial charge < -0.3 is 9.64 Å². The van der Waals surface area contributed by atoms with E-state index in [9.17, 15) is 10.1 Å². The first-order valence-electron chi connectivity index (χ1n) is 18.5. The third kappa shape index (κ3) is 13.6. The highest BCUT2D eigenvalue weighted by molar-refractivity contribution is 5.90. The monoisotopic (exact) mass is 678 g/mol. The fraction of sp³-hybridized carbons (Fsp3) is 0.500. The van der Waals surface area contributed by atoms with Crippen LogP contribution >= 0.6 is 0 Å². The minimum absolute atomic E-state index is 0.0369. The molecule has 3 atom stereocenters. The summed E-state index contributed by atoms with van der Waals surface area (Å²) in [6.07, 6.45) is 13.6. The number of unbranched alkanes of at least 4 members (excludes halogenated alkanes) is 1. The van der Waals surface area contributed by atoms with Gasteiger partial charge in [-0.1, -0.05) is 108 Å². The molecule has 0 saturated heterocycles. The molecule has 0 amide bonds. The number of ether oxygens (including phenoxy) is 1. The van der Waals surface area contributed by atoms with Crippen LogP contribution in [0.3, 0.4) is 0 Å². The summed E-state index contributed by atoms with van der Waals surface area (Å²) >= 11 is 0. The number of anilines is 1. The third-order valence-electron chi connectivity index (χ3n) is 9.25. The molecule has 6 heteroatoms. The largest absolute Gasteiger partial charge is 0.463 e. The average molecular weight is 679 g/mol. The van der Waals surface area contributed by atoms with Crippen LogP contribution in [0.1, 0.15) is 115 Å². The zero-order valence-corrected chi connectivity index (χ0v) is 31.9. The summed E-state index contributed by atoms with van der Waals surface area (Å²) in [5, 5.41) is 9.53. The first kappa shape index (κ1) is 41.9. The van der Waals surface area contributed by atoms with Crippen LogP contribution in [0.25, 0.3) is 11.1 Å². The molecule has 1 aromatic heterocycles. The van der Waals surface area contributed by atoms with Gasteiger partial charge in [-0.25, -0.2) is 0 Å². The SMILES string of the molecule is C=CC(=O)CC(=C)CCN(CC(C)CC#N)c1nc(OC[C@@H](C)CCCC)nc(CC)c1CCC(C=C)C/C(=C/C)c1ccccc1C(=C)C. The summed E-state index contributed by atoms with van der Waals surface area (Å²) < 4.78 is 6.29. The highest BCUT2D eigenvalue weighted by Crippen LogP contribution is 2.33. The van der Waals surface area contributed by atoms with Crippen molar-refractivity contribution in [3.8, 4) is 12.1 Å². The van der Waals surface area contributed by atoms with E-state index in [1.165, 1.54) is 22.8 Å². The molecule has 6 nitrogen and oxygen atoms in total. The van der Waals surface area contributed by atoms with Crippen LogP contribution in [0.15, 0.2) is 74.4 Å². The molecular formula is C44H62N4O2. The smallest absolute Gasteiger partial charge is 0.318 e. The molecular weight excluding hydrogens is 617 g/mol. The van der Waals surface area contributed by atoms with Crippen molar-refractivity contribution in [2.45, 2.75) is 106 Å². The molecule has 0 saturated carbocycles. The van der Waals surface area contributed by atoms with E-state index in [4.69, 9.17) is 14.7 Å². The van der Waals surface area contributed by atoms with Gasteiger partial charge in [0.15, 0.2) is 5.78 Å². The molecule has 1 heterocycles. The Kier molecular flexibility index (Phi) is 18.8. The lowest BCUT2D eigenvalue weighted by Gasteiger charge is -2.30. The van der Waals surface area contributed by atoms with Crippen LogP contribution in [0.4, 0.5) is 5.82 Å². The number of rotatable bonds is 25. The van der Waals surface area contributed by atoms with Gasteiger partial charge in [-0.3, -0.25) is 4.79 Å². The van der Waals surface area contributed by atoms with Gasteiger partial charge in [0, 0.05) is 31.5 Å². The van der Waals surface area contributed by atoms with E-state index < -0.39 is 0 Å². The molecule has 0 aliphatic rings. The number of carbonyl (C=O) groups excluding carboxylic acids is 1. The number of allylic oxidation sites excluding steroid dienone is 5. The second-order valence-corrected chi connectivity index (χ2v) is 13.8. The molecule has 0 aliphatic heterocycles. The van der Waals surface area contributed by atoms with E-state index in [0.29, 0.717) is 44.5 Å². The molecule has 0 N–H and O–H groups in total. The maximum atomic E-state index is 12.1. The lowest BCUT2D eigenvalue weighted by Crippen LogP contribution is -2.32. The Labute approximate surface area is 303 Å². The standard InChI is InChI=1S/C44H62N4O2/c1-11-16-19-35(10)31-50-44-46-42(15-5)41(23-22-36(12-2)29-37(13-3)40-21-18-17-20-39(40)32(6)7)43(47-44)48(30-34(9)24-26-45)27-25-33(8)28-38(49)14-4/h12-14,17-18,20-21,34-36H,2,4,6,8,11,15-16,19,22-25,27-31H2,1,3,5,7,9-10H3/b37-13-/t34?,35-,36?/m0/s1. The molecule has 2 unspecified atom stereocenters. The average Bonchev–Trinajstić information content (AvgIpc) is 3.11. The summed E-state index contributed by atoms with van der Waals surface area (Å²) in [4.78, 5) is 24.5. The molecule has 2 rings (SSSR count). The van der Waals surface area contributed by atoms with Crippen LogP contribution in [-0.4, -0.2) is 35.4 Å². The lowest BCUT2D eigenvalue weighted by molar-refractivity contribution is -0.114. The van der Waals surface area contributed by atoms with Crippen LogP contribution in [0.5, 0.6) is 6.01 Å². The number of nitriles is 1. The molecule has 50 heavy (non-hydrogen) atoms. The third-order valence-corrected chi connectivity index (χ3v) is 9.25.